The number of aliphatic hydroxyl groups is 1. The number of hydrogen-bond acceptors (Lipinski definition) is 4. The molecule has 0 amide bonds. The molecule has 1 N–H and O–H groups in total. The lowest BCUT2D eigenvalue weighted by Crippen LogP contribution is -2.52. The number of aliphatic hydroxyl groups excluding tert-OH is 1. The Hall–Kier alpha value is -1.17. The van der Waals surface area contributed by atoms with E-state index >= 15 is 0 Å². The third-order valence-electron chi connectivity index (χ3n) is 4.78. The predicted molar refractivity (Wildman–Crippen MR) is 81.4 cm³/mol. The summed E-state index contributed by atoms with van der Waals surface area (Å²) in [6.07, 6.45) is 2.81. The van der Waals surface area contributed by atoms with Crippen LogP contribution in [0.3, 0.4) is 0 Å². The molecule has 0 unspecified atom stereocenters. The highest BCUT2D eigenvalue weighted by molar-refractivity contribution is 5.23. The number of benzene rings is 1. The van der Waals surface area contributed by atoms with Gasteiger partial charge in [0.25, 0.3) is 0 Å². The molecule has 3 atom stereocenters. The molecule has 0 aromatic heterocycles. The average Bonchev–Trinajstić information content (AvgIpc) is 2.96. The molecule has 5 heteroatoms. The van der Waals surface area contributed by atoms with E-state index in [1.165, 1.54) is 6.07 Å². The summed E-state index contributed by atoms with van der Waals surface area (Å²) >= 11 is 0. The second-order valence-electron chi connectivity index (χ2n) is 6.12. The third kappa shape index (κ3) is 3.59. The smallest absolute Gasteiger partial charge is 0.165 e. The zero-order valence-corrected chi connectivity index (χ0v) is 12.8. The van der Waals surface area contributed by atoms with Gasteiger partial charge in [-0.05, 0) is 25.0 Å². The molecular formula is C17H24FNO3. The molecule has 0 radical (unpaired) electrons. The van der Waals surface area contributed by atoms with Crippen LogP contribution in [0.5, 0.6) is 5.75 Å². The molecule has 1 aliphatic carbocycles. The van der Waals surface area contributed by atoms with Crippen molar-refractivity contribution < 1.29 is 19.0 Å². The Morgan fingerprint density at radius 2 is 2.18 bits per heavy atom. The first-order valence-electron chi connectivity index (χ1n) is 8.13. The van der Waals surface area contributed by atoms with E-state index in [0.717, 1.165) is 32.4 Å². The quantitative estimate of drug-likeness (QED) is 0.904. The number of morpholine rings is 1. The minimum atomic E-state index is -0.327. The molecule has 3 rings (SSSR count). The molecule has 1 aromatic rings. The molecule has 1 saturated heterocycles. The fourth-order valence-electron chi connectivity index (χ4n) is 3.58. The van der Waals surface area contributed by atoms with Crippen molar-refractivity contribution in [3.05, 3.63) is 30.1 Å². The minimum Gasteiger partial charge on any atom is -0.489 e. The maximum atomic E-state index is 13.5. The maximum Gasteiger partial charge on any atom is 0.165 e. The SMILES string of the molecule is O[C@@H]1CCC[C@H]1[C@@H]1COCCN1CCOc1ccccc1F. The van der Waals surface area contributed by atoms with Crippen molar-refractivity contribution in [2.45, 2.75) is 31.4 Å². The van der Waals surface area contributed by atoms with Gasteiger partial charge in [-0.15, -0.1) is 0 Å². The second kappa shape index (κ2) is 7.40. The van der Waals surface area contributed by atoms with Crippen molar-refractivity contribution in [2.75, 3.05) is 32.9 Å². The van der Waals surface area contributed by atoms with E-state index in [4.69, 9.17) is 9.47 Å². The van der Waals surface area contributed by atoms with Crippen LogP contribution in [0.25, 0.3) is 0 Å². The largest absolute Gasteiger partial charge is 0.489 e. The van der Waals surface area contributed by atoms with Gasteiger partial charge in [0, 0.05) is 25.0 Å². The van der Waals surface area contributed by atoms with Gasteiger partial charge in [0.15, 0.2) is 11.6 Å². The highest BCUT2D eigenvalue weighted by Gasteiger charge is 2.37. The van der Waals surface area contributed by atoms with Crippen LogP contribution in [-0.2, 0) is 4.74 Å². The first-order chi connectivity index (χ1) is 10.8. The Kier molecular flexibility index (Phi) is 5.28. The minimum absolute atomic E-state index is 0.221. The van der Waals surface area contributed by atoms with Crippen molar-refractivity contribution in [3.63, 3.8) is 0 Å². The van der Waals surface area contributed by atoms with Crippen molar-refractivity contribution >= 4 is 0 Å². The summed E-state index contributed by atoms with van der Waals surface area (Å²) in [5.41, 5.74) is 0. The summed E-state index contributed by atoms with van der Waals surface area (Å²) in [4.78, 5) is 2.32. The Morgan fingerprint density at radius 3 is 2.95 bits per heavy atom. The highest BCUT2D eigenvalue weighted by atomic mass is 19.1. The fraction of sp³-hybridized carbons (Fsp3) is 0.647. The van der Waals surface area contributed by atoms with Gasteiger partial charge >= 0.3 is 0 Å². The van der Waals surface area contributed by atoms with Crippen LogP contribution in [0.1, 0.15) is 19.3 Å². The first-order valence-corrected chi connectivity index (χ1v) is 8.13. The van der Waals surface area contributed by atoms with E-state index < -0.39 is 0 Å². The third-order valence-corrected chi connectivity index (χ3v) is 4.78. The lowest BCUT2D eigenvalue weighted by atomic mass is 9.94. The molecular weight excluding hydrogens is 285 g/mol. The zero-order valence-electron chi connectivity index (χ0n) is 12.8. The lowest BCUT2D eigenvalue weighted by molar-refractivity contribution is -0.0533. The Balaban J connectivity index is 1.54. The number of para-hydroxylation sites is 1. The first kappa shape index (κ1) is 15.7. The van der Waals surface area contributed by atoms with Gasteiger partial charge in [0.05, 0.1) is 19.3 Å². The van der Waals surface area contributed by atoms with E-state index in [2.05, 4.69) is 4.90 Å². The highest BCUT2D eigenvalue weighted by Crippen LogP contribution is 2.32. The van der Waals surface area contributed by atoms with E-state index in [0.29, 0.717) is 25.6 Å². The van der Waals surface area contributed by atoms with Gasteiger partial charge in [-0.2, -0.15) is 0 Å². The van der Waals surface area contributed by atoms with Crippen molar-refractivity contribution in [1.29, 1.82) is 0 Å². The van der Waals surface area contributed by atoms with E-state index in [-0.39, 0.29) is 23.9 Å². The monoisotopic (exact) mass is 309 g/mol. The van der Waals surface area contributed by atoms with Crippen LogP contribution >= 0.6 is 0 Å². The fourth-order valence-corrected chi connectivity index (χ4v) is 3.58. The summed E-state index contributed by atoms with van der Waals surface area (Å²) < 4.78 is 24.7. The van der Waals surface area contributed by atoms with Crippen LogP contribution in [0, 0.1) is 11.7 Å². The number of hydrogen-bond donors (Lipinski definition) is 1. The standard InChI is InChI=1S/C17H24FNO3/c18-14-5-1-2-7-17(14)22-11-9-19-8-10-21-12-15(19)13-4-3-6-16(13)20/h1-2,5,7,13,15-16,20H,3-4,6,8-12H2/t13-,15-,16+/m0/s1. The summed E-state index contributed by atoms with van der Waals surface area (Å²) in [6.45, 7) is 3.39. The van der Waals surface area contributed by atoms with Crippen molar-refractivity contribution in [2.24, 2.45) is 5.92 Å². The van der Waals surface area contributed by atoms with Crippen LogP contribution in [-0.4, -0.2) is 55.1 Å². The second-order valence-corrected chi connectivity index (χ2v) is 6.12. The van der Waals surface area contributed by atoms with E-state index in [1.807, 2.05) is 0 Å². The van der Waals surface area contributed by atoms with Crippen LogP contribution in [0.4, 0.5) is 4.39 Å². The number of nitrogens with zero attached hydrogens (tertiary/aromatic N) is 1. The number of halogens is 1. The Morgan fingerprint density at radius 1 is 1.32 bits per heavy atom. The molecule has 0 bridgehead atoms. The summed E-state index contributed by atoms with van der Waals surface area (Å²) in [5, 5.41) is 10.1. The van der Waals surface area contributed by atoms with Crippen molar-refractivity contribution in [1.82, 2.24) is 4.90 Å². The molecule has 0 spiro atoms. The predicted octanol–water partition coefficient (Wildman–Crippen LogP) is 2.07. The van der Waals surface area contributed by atoms with Gasteiger partial charge in [-0.25, -0.2) is 4.39 Å². The Labute approximate surface area is 130 Å². The molecule has 122 valence electrons. The van der Waals surface area contributed by atoms with Gasteiger partial charge in [0.1, 0.15) is 6.61 Å². The number of ether oxygens (including phenoxy) is 2. The maximum absolute atomic E-state index is 13.5. The number of rotatable bonds is 5. The summed E-state index contributed by atoms with van der Waals surface area (Å²) in [7, 11) is 0. The van der Waals surface area contributed by atoms with Gasteiger partial charge in [-0.3, -0.25) is 4.90 Å². The average molecular weight is 309 g/mol. The Bertz CT molecular complexity index is 485. The van der Waals surface area contributed by atoms with Gasteiger partial charge < -0.3 is 14.6 Å². The molecule has 2 fully saturated rings. The summed E-state index contributed by atoms with van der Waals surface area (Å²) in [5.74, 6) is 0.259. The molecule has 2 aliphatic rings. The molecule has 4 nitrogen and oxygen atoms in total. The lowest BCUT2D eigenvalue weighted by Gasteiger charge is -2.40. The molecule has 1 saturated carbocycles. The topological polar surface area (TPSA) is 41.9 Å². The van der Waals surface area contributed by atoms with E-state index in [9.17, 15) is 9.50 Å². The molecule has 1 aromatic carbocycles. The molecule has 1 aliphatic heterocycles. The van der Waals surface area contributed by atoms with Gasteiger partial charge in [-0.1, -0.05) is 18.6 Å². The summed E-state index contributed by atoms with van der Waals surface area (Å²) in [6, 6.07) is 6.72. The van der Waals surface area contributed by atoms with Crippen molar-refractivity contribution in [3.8, 4) is 5.75 Å². The van der Waals surface area contributed by atoms with Crippen LogP contribution in [0.15, 0.2) is 24.3 Å². The normalized spacial score (nSPS) is 29.6. The van der Waals surface area contributed by atoms with Crippen LogP contribution < -0.4 is 4.74 Å². The van der Waals surface area contributed by atoms with Gasteiger partial charge in [0.2, 0.25) is 0 Å². The molecule has 22 heavy (non-hydrogen) atoms. The van der Waals surface area contributed by atoms with Crippen LogP contribution in [0.2, 0.25) is 0 Å². The van der Waals surface area contributed by atoms with E-state index in [1.54, 1.807) is 18.2 Å². The zero-order chi connectivity index (χ0) is 15.4. The molecule has 1 heterocycles.